The van der Waals surface area contributed by atoms with Gasteiger partial charge in [-0.15, -0.1) is 0 Å². The molecule has 0 aliphatic carbocycles. The molecule has 5 heteroatoms. The van der Waals surface area contributed by atoms with E-state index in [2.05, 4.69) is 29.2 Å². The molecule has 21 heavy (non-hydrogen) atoms. The molecule has 1 aliphatic heterocycles. The Labute approximate surface area is 128 Å². The van der Waals surface area contributed by atoms with E-state index in [9.17, 15) is 5.11 Å². The summed E-state index contributed by atoms with van der Waals surface area (Å²) in [6.07, 6.45) is 4.50. The van der Waals surface area contributed by atoms with E-state index in [1.165, 1.54) is 24.2 Å². The van der Waals surface area contributed by atoms with Gasteiger partial charge >= 0.3 is 0 Å². The summed E-state index contributed by atoms with van der Waals surface area (Å²) < 4.78 is 2.03. The molecule has 1 aromatic heterocycles. The third-order valence-electron chi connectivity index (χ3n) is 4.40. The number of rotatable bonds is 7. The van der Waals surface area contributed by atoms with E-state index in [-0.39, 0.29) is 0 Å². The maximum Gasteiger partial charge on any atom is 0.131 e. The molecule has 0 saturated carbocycles. The van der Waals surface area contributed by atoms with Gasteiger partial charge in [0, 0.05) is 38.9 Å². The minimum atomic E-state index is 0.299. The van der Waals surface area contributed by atoms with Crippen molar-refractivity contribution in [1.29, 1.82) is 0 Å². The zero-order valence-electron chi connectivity index (χ0n) is 13.7. The molecule has 1 aromatic rings. The lowest BCUT2D eigenvalue weighted by Crippen LogP contribution is -2.37. The Morgan fingerprint density at radius 2 is 2.24 bits per heavy atom. The van der Waals surface area contributed by atoms with Crippen LogP contribution in [0.15, 0.2) is 0 Å². The molecule has 120 valence electrons. The number of aliphatic hydroxyl groups is 1. The molecule has 0 amide bonds. The summed E-state index contributed by atoms with van der Waals surface area (Å²) in [7, 11) is 2.04. The predicted molar refractivity (Wildman–Crippen MR) is 86.6 cm³/mol. The zero-order chi connectivity index (χ0) is 15.2. The van der Waals surface area contributed by atoms with Crippen LogP contribution in [0.2, 0.25) is 0 Å². The highest BCUT2D eigenvalue weighted by Crippen LogP contribution is 2.29. The first kappa shape index (κ1) is 16.3. The van der Waals surface area contributed by atoms with E-state index in [4.69, 9.17) is 0 Å². The van der Waals surface area contributed by atoms with Gasteiger partial charge in [-0.25, -0.2) is 0 Å². The minimum absolute atomic E-state index is 0.299. The second-order valence-electron chi connectivity index (χ2n) is 6.15. The first-order valence-corrected chi connectivity index (χ1v) is 8.26. The molecule has 0 radical (unpaired) electrons. The summed E-state index contributed by atoms with van der Waals surface area (Å²) in [6.45, 7) is 8.66. The van der Waals surface area contributed by atoms with E-state index >= 15 is 0 Å². The van der Waals surface area contributed by atoms with Crippen LogP contribution in [0.25, 0.3) is 0 Å². The number of hydrogen-bond donors (Lipinski definition) is 2. The fraction of sp³-hybridized carbons (Fsp3) is 0.812. The maximum absolute atomic E-state index is 9.19. The molecule has 1 atom stereocenters. The number of hydrogen-bond acceptors (Lipinski definition) is 4. The summed E-state index contributed by atoms with van der Waals surface area (Å²) in [5, 5.41) is 17.3. The van der Waals surface area contributed by atoms with Gasteiger partial charge in [0.25, 0.3) is 0 Å². The van der Waals surface area contributed by atoms with Gasteiger partial charge in [0.2, 0.25) is 0 Å². The monoisotopic (exact) mass is 294 g/mol. The summed E-state index contributed by atoms with van der Waals surface area (Å²) in [6, 6.07) is 0. The van der Waals surface area contributed by atoms with Crippen LogP contribution in [0.4, 0.5) is 5.82 Å². The molecule has 2 N–H and O–H groups in total. The van der Waals surface area contributed by atoms with Crippen LogP contribution in [0.5, 0.6) is 0 Å². The number of aliphatic hydroxyl groups excluding tert-OH is 1. The van der Waals surface area contributed by atoms with Crippen LogP contribution < -0.4 is 10.2 Å². The Morgan fingerprint density at radius 3 is 2.95 bits per heavy atom. The third-order valence-corrected chi connectivity index (χ3v) is 4.40. The second-order valence-corrected chi connectivity index (χ2v) is 6.15. The predicted octanol–water partition coefficient (Wildman–Crippen LogP) is 1.83. The van der Waals surface area contributed by atoms with Gasteiger partial charge < -0.3 is 15.3 Å². The van der Waals surface area contributed by atoms with Crippen LogP contribution in [0, 0.1) is 12.8 Å². The smallest absolute Gasteiger partial charge is 0.131 e. The molecule has 5 nitrogen and oxygen atoms in total. The maximum atomic E-state index is 9.19. The molecule has 1 aliphatic rings. The number of nitrogens with one attached hydrogen (secondary N) is 1. The number of piperidine rings is 1. The Kier molecular flexibility index (Phi) is 6.06. The lowest BCUT2D eigenvalue weighted by atomic mass is 9.95. The molecule has 0 aromatic carbocycles. The van der Waals surface area contributed by atoms with Crippen LogP contribution in [-0.4, -0.2) is 41.1 Å². The highest BCUT2D eigenvalue weighted by Gasteiger charge is 2.25. The molecular formula is C16H30N4O. The molecule has 1 saturated heterocycles. The van der Waals surface area contributed by atoms with E-state index in [0.717, 1.165) is 44.7 Å². The van der Waals surface area contributed by atoms with Crippen molar-refractivity contribution < 1.29 is 5.11 Å². The Hall–Kier alpha value is -1.07. The summed E-state index contributed by atoms with van der Waals surface area (Å²) >= 11 is 0. The number of nitrogens with zero attached hydrogens (tertiary/aromatic N) is 3. The summed E-state index contributed by atoms with van der Waals surface area (Å²) in [5.74, 6) is 1.87. The SMILES string of the molecule is CCCNCc1c(C)nn(C)c1N1CCCC(CCO)C1. The first-order chi connectivity index (χ1) is 10.2. The van der Waals surface area contributed by atoms with Gasteiger partial charge in [0.05, 0.1) is 5.69 Å². The molecule has 1 unspecified atom stereocenters. The third kappa shape index (κ3) is 3.98. The van der Waals surface area contributed by atoms with Crippen molar-refractivity contribution in [3.8, 4) is 0 Å². The molecule has 1 fully saturated rings. The average molecular weight is 294 g/mol. The van der Waals surface area contributed by atoms with Crippen molar-refractivity contribution in [2.75, 3.05) is 31.1 Å². The number of aryl methyl sites for hydroxylation is 2. The topological polar surface area (TPSA) is 53.3 Å². The molecule has 0 bridgehead atoms. The Bertz CT molecular complexity index is 442. The lowest BCUT2D eigenvalue weighted by molar-refractivity contribution is 0.244. The van der Waals surface area contributed by atoms with Crippen LogP contribution in [0.3, 0.4) is 0 Å². The summed E-state index contributed by atoms with van der Waals surface area (Å²) in [5.41, 5.74) is 2.45. The molecular weight excluding hydrogens is 264 g/mol. The van der Waals surface area contributed by atoms with E-state index < -0.39 is 0 Å². The fourth-order valence-corrected chi connectivity index (χ4v) is 3.36. The largest absolute Gasteiger partial charge is 0.396 e. The van der Waals surface area contributed by atoms with E-state index in [1.54, 1.807) is 0 Å². The average Bonchev–Trinajstić information content (AvgIpc) is 2.74. The first-order valence-electron chi connectivity index (χ1n) is 8.26. The van der Waals surface area contributed by atoms with Gasteiger partial charge in [-0.3, -0.25) is 4.68 Å². The molecule has 2 heterocycles. The van der Waals surface area contributed by atoms with Gasteiger partial charge in [-0.1, -0.05) is 6.92 Å². The Balaban J connectivity index is 2.13. The molecule has 2 rings (SSSR count). The van der Waals surface area contributed by atoms with Crippen LogP contribution in [-0.2, 0) is 13.6 Å². The van der Waals surface area contributed by atoms with Gasteiger partial charge in [-0.05, 0) is 45.1 Å². The normalized spacial score (nSPS) is 19.2. The number of anilines is 1. The van der Waals surface area contributed by atoms with Gasteiger partial charge in [0.15, 0.2) is 0 Å². The molecule has 0 spiro atoms. The lowest BCUT2D eigenvalue weighted by Gasteiger charge is -2.34. The summed E-state index contributed by atoms with van der Waals surface area (Å²) in [4.78, 5) is 2.47. The second kappa shape index (κ2) is 7.80. The van der Waals surface area contributed by atoms with Crippen molar-refractivity contribution in [1.82, 2.24) is 15.1 Å². The Morgan fingerprint density at radius 1 is 1.43 bits per heavy atom. The van der Waals surface area contributed by atoms with Crippen LogP contribution >= 0.6 is 0 Å². The van der Waals surface area contributed by atoms with Crippen LogP contribution in [0.1, 0.15) is 43.9 Å². The van der Waals surface area contributed by atoms with Crippen molar-refractivity contribution in [3.63, 3.8) is 0 Å². The standard InChI is InChI=1S/C16H30N4O/c1-4-8-17-11-15-13(2)18-19(3)16(15)20-9-5-6-14(12-20)7-10-21/h14,17,21H,4-12H2,1-3H3. The van der Waals surface area contributed by atoms with Gasteiger partial charge in [0.1, 0.15) is 5.82 Å². The quantitative estimate of drug-likeness (QED) is 0.753. The highest BCUT2D eigenvalue weighted by molar-refractivity contribution is 5.50. The highest BCUT2D eigenvalue weighted by atomic mass is 16.3. The fourth-order valence-electron chi connectivity index (χ4n) is 3.36. The van der Waals surface area contributed by atoms with Gasteiger partial charge in [-0.2, -0.15) is 5.10 Å². The van der Waals surface area contributed by atoms with Crippen molar-refractivity contribution in [2.45, 2.75) is 46.1 Å². The van der Waals surface area contributed by atoms with Crippen molar-refractivity contribution >= 4 is 5.82 Å². The van der Waals surface area contributed by atoms with E-state index in [0.29, 0.717) is 12.5 Å². The minimum Gasteiger partial charge on any atom is -0.396 e. The number of aromatic nitrogens is 2. The van der Waals surface area contributed by atoms with E-state index in [1.807, 2.05) is 11.7 Å². The van der Waals surface area contributed by atoms with Crippen molar-refractivity contribution in [2.24, 2.45) is 13.0 Å². The zero-order valence-corrected chi connectivity index (χ0v) is 13.7. The van der Waals surface area contributed by atoms with Crippen molar-refractivity contribution in [3.05, 3.63) is 11.3 Å².